The van der Waals surface area contributed by atoms with Gasteiger partial charge in [0.1, 0.15) is 6.04 Å². The van der Waals surface area contributed by atoms with Crippen LogP contribution in [0.25, 0.3) is 0 Å². The summed E-state index contributed by atoms with van der Waals surface area (Å²) in [6, 6.07) is -1.06. The first kappa shape index (κ1) is 11.4. The molecule has 1 unspecified atom stereocenters. The molecular weight excluding hydrogens is 212 g/mol. The van der Waals surface area contributed by atoms with E-state index in [9.17, 15) is 13.2 Å². The van der Waals surface area contributed by atoms with Crippen LogP contribution in [0.5, 0.6) is 0 Å². The largest absolute Gasteiger partial charge is 0.480 e. The molecule has 14 heavy (non-hydrogen) atoms. The van der Waals surface area contributed by atoms with Gasteiger partial charge in [-0.05, 0) is 0 Å². The summed E-state index contributed by atoms with van der Waals surface area (Å²) >= 11 is 0. The number of carboxylic acids is 1. The predicted octanol–water partition coefficient (Wildman–Crippen LogP) is -1.76. The van der Waals surface area contributed by atoms with Crippen LogP contribution < -0.4 is 4.72 Å². The van der Waals surface area contributed by atoms with E-state index in [1.165, 1.54) is 7.11 Å². The summed E-state index contributed by atoms with van der Waals surface area (Å²) < 4.78 is 30.4. The molecule has 1 aliphatic rings. The fraction of sp³-hybridized carbons (Fsp3) is 0.833. The van der Waals surface area contributed by atoms with Gasteiger partial charge >= 0.3 is 5.97 Å². The van der Waals surface area contributed by atoms with Gasteiger partial charge in [0.15, 0.2) is 0 Å². The number of ether oxygens (including phenoxy) is 1. The number of hydrogen-bond donors (Lipinski definition) is 2. The summed E-state index contributed by atoms with van der Waals surface area (Å²) in [7, 11) is -2.18. The SMILES string of the molecule is COCCN1CC(C(=O)O)NS1(=O)=O. The Morgan fingerprint density at radius 2 is 2.36 bits per heavy atom. The Labute approximate surface area is 81.8 Å². The van der Waals surface area contributed by atoms with Gasteiger partial charge in [0, 0.05) is 20.2 Å². The molecule has 7 nitrogen and oxygen atoms in total. The third kappa shape index (κ3) is 2.41. The van der Waals surface area contributed by atoms with Crippen molar-refractivity contribution in [3.8, 4) is 0 Å². The van der Waals surface area contributed by atoms with Gasteiger partial charge in [-0.2, -0.15) is 17.4 Å². The van der Waals surface area contributed by atoms with Gasteiger partial charge in [-0.3, -0.25) is 4.79 Å². The maximum absolute atomic E-state index is 11.3. The van der Waals surface area contributed by atoms with E-state index in [1.54, 1.807) is 0 Å². The highest BCUT2D eigenvalue weighted by molar-refractivity contribution is 7.87. The van der Waals surface area contributed by atoms with E-state index >= 15 is 0 Å². The molecular formula is C6H12N2O5S. The van der Waals surface area contributed by atoms with Crippen molar-refractivity contribution in [3.05, 3.63) is 0 Å². The number of nitrogens with one attached hydrogen (secondary N) is 1. The monoisotopic (exact) mass is 224 g/mol. The first-order valence-electron chi connectivity index (χ1n) is 3.96. The highest BCUT2D eigenvalue weighted by Gasteiger charge is 2.38. The molecule has 2 N–H and O–H groups in total. The molecule has 1 atom stereocenters. The van der Waals surface area contributed by atoms with Crippen LogP contribution in [0.3, 0.4) is 0 Å². The minimum absolute atomic E-state index is 0.0545. The third-order valence-electron chi connectivity index (χ3n) is 1.86. The average Bonchev–Trinajstić information content (AvgIpc) is 2.38. The van der Waals surface area contributed by atoms with E-state index in [2.05, 4.69) is 0 Å². The van der Waals surface area contributed by atoms with Crippen molar-refractivity contribution in [2.45, 2.75) is 6.04 Å². The average molecular weight is 224 g/mol. The maximum atomic E-state index is 11.3. The minimum Gasteiger partial charge on any atom is -0.480 e. The zero-order chi connectivity index (χ0) is 10.8. The van der Waals surface area contributed by atoms with Gasteiger partial charge in [-0.1, -0.05) is 0 Å². The third-order valence-corrected chi connectivity index (χ3v) is 3.45. The van der Waals surface area contributed by atoms with Gasteiger partial charge in [-0.25, -0.2) is 0 Å². The number of carbonyl (C=O) groups is 1. The zero-order valence-corrected chi connectivity index (χ0v) is 8.45. The van der Waals surface area contributed by atoms with Crippen molar-refractivity contribution >= 4 is 16.2 Å². The summed E-state index contributed by atoms with van der Waals surface area (Å²) in [5.74, 6) is -1.17. The molecule has 0 aromatic rings. The van der Waals surface area contributed by atoms with E-state index in [-0.39, 0.29) is 19.7 Å². The molecule has 0 aromatic heterocycles. The molecule has 1 heterocycles. The van der Waals surface area contributed by atoms with Crippen LogP contribution in [0.15, 0.2) is 0 Å². The van der Waals surface area contributed by atoms with E-state index in [4.69, 9.17) is 9.84 Å². The van der Waals surface area contributed by atoms with Gasteiger partial charge in [0.2, 0.25) is 0 Å². The smallest absolute Gasteiger partial charge is 0.323 e. The second-order valence-corrected chi connectivity index (χ2v) is 4.57. The zero-order valence-electron chi connectivity index (χ0n) is 7.63. The summed E-state index contributed by atoms with van der Waals surface area (Å²) in [6.45, 7) is 0.351. The quantitative estimate of drug-likeness (QED) is 0.589. The Morgan fingerprint density at radius 3 is 2.79 bits per heavy atom. The Morgan fingerprint density at radius 1 is 1.71 bits per heavy atom. The molecule has 1 aliphatic heterocycles. The fourth-order valence-corrected chi connectivity index (χ4v) is 2.47. The Balaban J connectivity index is 2.65. The molecule has 0 aliphatic carbocycles. The standard InChI is InChI=1S/C6H12N2O5S/c1-13-3-2-8-4-5(6(9)10)7-14(8,11)12/h5,7H,2-4H2,1H3,(H,9,10). The molecule has 8 heteroatoms. The molecule has 0 saturated carbocycles. The van der Waals surface area contributed by atoms with E-state index < -0.39 is 22.2 Å². The molecule has 0 bridgehead atoms. The number of hydrogen-bond acceptors (Lipinski definition) is 4. The molecule has 1 saturated heterocycles. The van der Waals surface area contributed by atoms with Crippen molar-refractivity contribution in [1.82, 2.24) is 9.03 Å². The van der Waals surface area contributed by atoms with Gasteiger partial charge < -0.3 is 9.84 Å². The Kier molecular flexibility index (Phi) is 3.43. The minimum atomic E-state index is -3.63. The Bertz CT molecular complexity index is 314. The number of carboxylic acid groups (broad SMARTS) is 1. The van der Waals surface area contributed by atoms with Crippen LogP contribution in [0.4, 0.5) is 0 Å². The van der Waals surface area contributed by atoms with Gasteiger partial charge in [0.05, 0.1) is 6.61 Å². The molecule has 1 rings (SSSR count). The number of nitrogens with zero attached hydrogens (tertiary/aromatic N) is 1. The van der Waals surface area contributed by atoms with E-state index in [0.29, 0.717) is 0 Å². The second kappa shape index (κ2) is 4.22. The molecule has 0 radical (unpaired) electrons. The topological polar surface area (TPSA) is 95.9 Å². The summed E-state index contributed by atoms with van der Waals surface area (Å²) in [4.78, 5) is 10.5. The highest BCUT2D eigenvalue weighted by Crippen LogP contribution is 2.09. The van der Waals surface area contributed by atoms with Crippen molar-refractivity contribution in [1.29, 1.82) is 0 Å². The molecule has 0 spiro atoms. The summed E-state index contributed by atoms with van der Waals surface area (Å²) in [5, 5.41) is 8.60. The highest BCUT2D eigenvalue weighted by atomic mass is 32.2. The van der Waals surface area contributed by atoms with Crippen molar-refractivity contribution in [3.63, 3.8) is 0 Å². The summed E-state index contributed by atoms with van der Waals surface area (Å²) in [6.07, 6.45) is 0. The van der Waals surface area contributed by atoms with Crippen LogP contribution >= 0.6 is 0 Å². The van der Waals surface area contributed by atoms with Crippen molar-refractivity contribution in [2.75, 3.05) is 26.8 Å². The van der Waals surface area contributed by atoms with Crippen molar-refractivity contribution in [2.24, 2.45) is 0 Å². The number of methoxy groups -OCH3 is 1. The lowest BCUT2D eigenvalue weighted by atomic mass is 10.3. The van der Waals surface area contributed by atoms with Crippen molar-refractivity contribution < 1.29 is 23.1 Å². The molecule has 1 fully saturated rings. The van der Waals surface area contributed by atoms with Crippen LogP contribution in [0, 0.1) is 0 Å². The van der Waals surface area contributed by atoms with Gasteiger partial charge in [-0.15, -0.1) is 0 Å². The lowest BCUT2D eigenvalue weighted by molar-refractivity contribution is -0.138. The molecule has 0 amide bonds. The predicted molar refractivity (Wildman–Crippen MR) is 46.9 cm³/mol. The van der Waals surface area contributed by atoms with Crippen LogP contribution in [0.2, 0.25) is 0 Å². The van der Waals surface area contributed by atoms with Crippen LogP contribution in [0.1, 0.15) is 0 Å². The normalized spacial score (nSPS) is 26.5. The number of aliphatic carboxylic acids is 1. The first-order chi connectivity index (χ1) is 6.47. The lowest BCUT2D eigenvalue weighted by Crippen LogP contribution is -2.34. The molecule has 0 aromatic carbocycles. The van der Waals surface area contributed by atoms with Crippen LogP contribution in [-0.4, -0.2) is 56.6 Å². The first-order valence-corrected chi connectivity index (χ1v) is 5.40. The van der Waals surface area contributed by atoms with Crippen LogP contribution in [-0.2, 0) is 19.7 Å². The lowest BCUT2D eigenvalue weighted by Gasteiger charge is -2.11. The van der Waals surface area contributed by atoms with Gasteiger partial charge in [0.25, 0.3) is 10.2 Å². The van der Waals surface area contributed by atoms with E-state index in [0.717, 1.165) is 4.31 Å². The Hall–Kier alpha value is -0.700. The number of rotatable bonds is 4. The maximum Gasteiger partial charge on any atom is 0.323 e. The second-order valence-electron chi connectivity index (χ2n) is 2.86. The molecule has 82 valence electrons. The van der Waals surface area contributed by atoms with E-state index in [1.807, 2.05) is 4.72 Å². The summed E-state index contributed by atoms with van der Waals surface area (Å²) in [5.41, 5.74) is 0. The fourth-order valence-electron chi connectivity index (χ4n) is 1.13.